The molecule has 0 fully saturated rings. The molecular weight excluding hydrogens is 316 g/mol. The first-order valence-electron chi connectivity index (χ1n) is 9.04. The first-order valence-corrected chi connectivity index (χ1v) is 9.04. The Morgan fingerprint density at radius 2 is 1.96 bits per heavy atom. The molecule has 0 spiro atoms. The molecule has 0 aromatic heterocycles. The van der Waals surface area contributed by atoms with Gasteiger partial charge >= 0.3 is 0 Å². The molecular formula is C19H34N4O2. The lowest BCUT2D eigenvalue weighted by Crippen LogP contribution is -2.42. The van der Waals surface area contributed by atoms with Crippen LogP contribution in [0.1, 0.15) is 18.9 Å². The maximum absolute atomic E-state index is 5.44. The van der Waals surface area contributed by atoms with Crippen LogP contribution in [0.15, 0.2) is 29.3 Å². The second-order valence-electron chi connectivity index (χ2n) is 5.80. The van der Waals surface area contributed by atoms with Gasteiger partial charge in [0.25, 0.3) is 0 Å². The van der Waals surface area contributed by atoms with Crippen molar-refractivity contribution in [1.29, 1.82) is 0 Å². The fraction of sp³-hybridized carbons (Fsp3) is 0.632. The number of rotatable bonds is 12. The Labute approximate surface area is 152 Å². The number of nitrogens with zero attached hydrogens (tertiary/aromatic N) is 2. The van der Waals surface area contributed by atoms with Crippen molar-refractivity contribution in [2.75, 3.05) is 65.1 Å². The van der Waals surface area contributed by atoms with E-state index in [1.165, 1.54) is 11.3 Å². The van der Waals surface area contributed by atoms with Gasteiger partial charge < -0.3 is 25.0 Å². The summed E-state index contributed by atoms with van der Waals surface area (Å²) in [6.45, 7) is 9.91. The van der Waals surface area contributed by atoms with Gasteiger partial charge in [-0.05, 0) is 38.0 Å². The van der Waals surface area contributed by atoms with E-state index in [0.29, 0.717) is 13.2 Å². The number of hydrogen-bond donors (Lipinski definition) is 2. The van der Waals surface area contributed by atoms with Crippen LogP contribution in [0.4, 0.5) is 5.69 Å². The number of aryl methyl sites for hydroxylation is 1. The molecule has 0 atom stereocenters. The topological polar surface area (TPSA) is 58.1 Å². The van der Waals surface area contributed by atoms with Gasteiger partial charge in [0.15, 0.2) is 5.96 Å². The van der Waals surface area contributed by atoms with Gasteiger partial charge in [-0.2, -0.15) is 0 Å². The Kier molecular flexibility index (Phi) is 11.5. The predicted octanol–water partition coefficient (Wildman–Crippen LogP) is 2.04. The SMILES string of the molecule is CCN(CCNC(=NC)NCCCOCCOC)c1cccc(C)c1. The zero-order valence-electron chi connectivity index (χ0n) is 16.2. The maximum Gasteiger partial charge on any atom is 0.191 e. The van der Waals surface area contributed by atoms with Gasteiger partial charge in [-0.3, -0.25) is 4.99 Å². The van der Waals surface area contributed by atoms with E-state index in [9.17, 15) is 0 Å². The molecule has 1 aromatic carbocycles. The van der Waals surface area contributed by atoms with Crippen LogP contribution in [0.2, 0.25) is 0 Å². The molecule has 25 heavy (non-hydrogen) atoms. The molecule has 0 aliphatic carbocycles. The summed E-state index contributed by atoms with van der Waals surface area (Å²) in [4.78, 5) is 6.62. The molecule has 2 N–H and O–H groups in total. The third-order valence-electron chi connectivity index (χ3n) is 3.84. The van der Waals surface area contributed by atoms with Gasteiger partial charge in [-0.1, -0.05) is 12.1 Å². The summed E-state index contributed by atoms with van der Waals surface area (Å²) in [6.07, 6.45) is 0.939. The van der Waals surface area contributed by atoms with Crippen LogP contribution in [0.25, 0.3) is 0 Å². The second-order valence-corrected chi connectivity index (χ2v) is 5.80. The summed E-state index contributed by atoms with van der Waals surface area (Å²) >= 11 is 0. The van der Waals surface area contributed by atoms with Crippen LogP contribution in [0.5, 0.6) is 0 Å². The lowest BCUT2D eigenvalue weighted by Gasteiger charge is -2.24. The van der Waals surface area contributed by atoms with Gasteiger partial charge in [0.1, 0.15) is 0 Å². The summed E-state index contributed by atoms with van der Waals surface area (Å²) in [5, 5.41) is 6.68. The molecule has 0 amide bonds. The normalized spacial score (nSPS) is 11.4. The van der Waals surface area contributed by atoms with E-state index >= 15 is 0 Å². The molecule has 0 aliphatic heterocycles. The van der Waals surface area contributed by atoms with Crippen LogP contribution in [-0.2, 0) is 9.47 Å². The average Bonchev–Trinajstić information content (AvgIpc) is 2.62. The molecule has 0 unspecified atom stereocenters. The zero-order chi connectivity index (χ0) is 18.3. The third kappa shape index (κ3) is 9.31. The molecule has 0 saturated carbocycles. The Hall–Kier alpha value is -1.79. The van der Waals surface area contributed by atoms with E-state index < -0.39 is 0 Å². The molecule has 142 valence electrons. The molecule has 0 saturated heterocycles. The quantitative estimate of drug-likeness (QED) is 0.343. The van der Waals surface area contributed by atoms with Gasteiger partial charge in [0.05, 0.1) is 13.2 Å². The molecule has 1 aromatic rings. The summed E-state index contributed by atoms with van der Waals surface area (Å²) < 4.78 is 10.4. The monoisotopic (exact) mass is 350 g/mol. The van der Waals surface area contributed by atoms with Crippen LogP contribution < -0.4 is 15.5 Å². The molecule has 0 bridgehead atoms. The molecule has 1 rings (SSSR count). The molecule has 0 aliphatic rings. The highest BCUT2D eigenvalue weighted by Gasteiger charge is 2.04. The number of nitrogens with one attached hydrogen (secondary N) is 2. The number of likely N-dealkylation sites (N-methyl/N-ethyl adjacent to an activating group) is 1. The number of anilines is 1. The minimum atomic E-state index is 0.644. The lowest BCUT2D eigenvalue weighted by atomic mass is 10.2. The van der Waals surface area contributed by atoms with Crippen LogP contribution >= 0.6 is 0 Å². The van der Waals surface area contributed by atoms with Gasteiger partial charge in [0, 0.05) is 52.6 Å². The Morgan fingerprint density at radius 3 is 2.64 bits per heavy atom. The Balaban J connectivity index is 2.23. The van der Waals surface area contributed by atoms with Crippen molar-refractivity contribution in [1.82, 2.24) is 10.6 Å². The Bertz CT molecular complexity index is 494. The lowest BCUT2D eigenvalue weighted by molar-refractivity contribution is 0.0698. The Morgan fingerprint density at radius 1 is 1.16 bits per heavy atom. The van der Waals surface area contributed by atoms with Gasteiger partial charge in [0.2, 0.25) is 0 Å². The van der Waals surface area contributed by atoms with Crippen molar-refractivity contribution in [2.24, 2.45) is 4.99 Å². The molecule has 6 nitrogen and oxygen atoms in total. The molecule has 6 heteroatoms. The van der Waals surface area contributed by atoms with E-state index in [0.717, 1.165) is 45.2 Å². The first-order chi connectivity index (χ1) is 12.2. The van der Waals surface area contributed by atoms with Crippen molar-refractivity contribution in [3.05, 3.63) is 29.8 Å². The van der Waals surface area contributed by atoms with Crippen molar-refractivity contribution < 1.29 is 9.47 Å². The fourth-order valence-electron chi connectivity index (χ4n) is 2.45. The summed E-state index contributed by atoms with van der Waals surface area (Å²) in [6, 6.07) is 8.61. The van der Waals surface area contributed by atoms with Crippen molar-refractivity contribution in [2.45, 2.75) is 20.3 Å². The molecule has 0 heterocycles. The predicted molar refractivity (Wildman–Crippen MR) is 106 cm³/mol. The van der Waals surface area contributed by atoms with Crippen LogP contribution in [0, 0.1) is 6.92 Å². The number of ether oxygens (including phenoxy) is 2. The minimum Gasteiger partial charge on any atom is -0.382 e. The highest BCUT2D eigenvalue weighted by atomic mass is 16.5. The average molecular weight is 351 g/mol. The van der Waals surface area contributed by atoms with E-state index in [1.54, 1.807) is 14.2 Å². The van der Waals surface area contributed by atoms with Crippen molar-refractivity contribution >= 4 is 11.6 Å². The zero-order valence-corrected chi connectivity index (χ0v) is 16.2. The third-order valence-corrected chi connectivity index (χ3v) is 3.84. The number of hydrogen-bond acceptors (Lipinski definition) is 4. The van der Waals surface area contributed by atoms with E-state index in [2.05, 4.69) is 58.6 Å². The van der Waals surface area contributed by atoms with Crippen molar-refractivity contribution in [3.63, 3.8) is 0 Å². The van der Waals surface area contributed by atoms with Gasteiger partial charge in [-0.25, -0.2) is 0 Å². The standard InChI is InChI=1S/C19H34N4O2/c1-5-23(18-9-6-8-17(2)16-18)12-11-22-19(20-3)21-10-7-13-25-15-14-24-4/h6,8-9,16H,5,7,10-15H2,1-4H3,(H2,20,21,22). The van der Waals surface area contributed by atoms with Gasteiger partial charge in [-0.15, -0.1) is 0 Å². The van der Waals surface area contributed by atoms with Crippen molar-refractivity contribution in [3.8, 4) is 0 Å². The fourth-order valence-corrected chi connectivity index (χ4v) is 2.45. The van der Waals surface area contributed by atoms with Crippen LogP contribution in [-0.4, -0.2) is 66.1 Å². The number of aliphatic imine (C=N–C) groups is 1. The smallest absolute Gasteiger partial charge is 0.191 e. The largest absolute Gasteiger partial charge is 0.382 e. The number of guanidine groups is 1. The first kappa shape index (κ1) is 21.3. The second kappa shape index (κ2) is 13.5. The summed E-state index contributed by atoms with van der Waals surface area (Å²) in [7, 11) is 3.47. The minimum absolute atomic E-state index is 0.644. The highest BCUT2D eigenvalue weighted by Crippen LogP contribution is 2.14. The summed E-state index contributed by atoms with van der Waals surface area (Å²) in [5.41, 5.74) is 2.55. The maximum atomic E-state index is 5.44. The number of methoxy groups -OCH3 is 1. The highest BCUT2D eigenvalue weighted by molar-refractivity contribution is 5.79. The number of benzene rings is 1. The molecule has 0 radical (unpaired) electrons. The van der Waals surface area contributed by atoms with E-state index in [-0.39, 0.29) is 0 Å². The van der Waals surface area contributed by atoms with Crippen LogP contribution in [0.3, 0.4) is 0 Å². The van der Waals surface area contributed by atoms with E-state index in [1.807, 2.05) is 0 Å². The van der Waals surface area contributed by atoms with E-state index in [4.69, 9.17) is 9.47 Å². The summed E-state index contributed by atoms with van der Waals surface area (Å²) in [5.74, 6) is 0.831.